The van der Waals surface area contributed by atoms with E-state index >= 15 is 0 Å². The predicted octanol–water partition coefficient (Wildman–Crippen LogP) is 6.32. The Bertz CT molecular complexity index is 1240. The molecule has 4 unspecified atom stereocenters. The van der Waals surface area contributed by atoms with E-state index in [2.05, 4.69) is 64.1 Å². The maximum atomic E-state index is 12.4. The van der Waals surface area contributed by atoms with E-state index in [1.54, 1.807) is 0 Å². The van der Waals surface area contributed by atoms with Gasteiger partial charge in [-0.15, -0.1) is 0 Å². The Balaban J connectivity index is 1.33. The quantitative estimate of drug-likeness (QED) is 0.326. The molecule has 40 heavy (non-hydrogen) atoms. The molecular formula is C31H40BrN7O. The van der Waals surface area contributed by atoms with Crippen molar-refractivity contribution in [1.29, 1.82) is 0 Å². The van der Waals surface area contributed by atoms with E-state index in [4.69, 9.17) is 15.0 Å². The molecule has 0 radical (unpaired) electrons. The van der Waals surface area contributed by atoms with Crippen molar-refractivity contribution in [3.8, 4) is 11.4 Å². The Labute approximate surface area is 246 Å². The van der Waals surface area contributed by atoms with Crippen molar-refractivity contribution >= 4 is 45.1 Å². The molecule has 8 nitrogen and oxygen atoms in total. The van der Waals surface area contributed by atoms with Crippen LogP contribution in [-0.2, 0) is 4.79 Å². The molecule has 2 fully saturated rings. The first-order valence-electron chi connectivity index (χ1n) is 14.4. The van der Waals surface area contributed by atoms with Crippen LogP contribution < -0.4 is 20.4 Å². The minimum atomic E-state index is -0.104. The summed E-state index contributed by atoms with van der Waals surface area (Å²) in [4.78, 5) is 32.1. The molecule has 2 aliphatic rings. The number of nitrogens with one attached hydrogen (secondary N) is 2. The fourth-order valence-corrected chi connectivity index (χ4v) is 6.34. The first-order chi connectivity index (χ1) is 19.2. The summed E-state index contributed by atoms with van der Waals surface area (Å²) in [6.07, 6.45) is 2.47. The van der Waals surface area contributed by atoms with Gasteiger partial charge in [-0.25, -0.2) is 0 Å². The lowest BCUT2D eigenvalue weighted by Gasteiger charge is -2.37. The molecule has 1 amide bonds. The van der Waals surface area contributed by atoms with Crippen LogP contribution in [0.4, 0.5) is 23.3 Å². The molecule has 3 aromatic rings. The van der Waals surface area contributed by atoms with Crippen molar-refractivity contribution in [2.24, 2.45) is 23.7 Å². The van der Waals surface area contributed by atoms with Crippen LogP contribution in [0, 0.1) is 23.7 Å². The van der Waals surface area contributed by atoms with E-state index in [1.165, 1.54) is 12.8 Å². The second-order valence-corrected chi connectivity index (χ2v) is 12.9. The van der Waals surface area contributed by atoms with E-state index in [9.17, 15) is 4.79 Å². The minimum absolute atomic E-state index is 0.104. The highest BCUT2D eigenvalue weighted by Crippen LogP contribution is 2.30. The number of hydrogen-bond donors (Lipinski definition) is 2. The van der Waals surface area contributed by atoms with E-state index in [0.29, 0.717) is 29.5 Å². The number of amides is 1. The van der Waals surface area contributed by atoms with E-state index < -0.39 is 0 Å². The summed E-state index contributed by atoms with van der Waals surface area (Å²) in [5.41, 5.74) is 2.56. The first kappa shape index (κ1) is 28.3. The Morgan fingerprint density at radius 2 is 1.23 bits per heavy atom. The van der Waals surface area contributed by atoms with Crippen LogP contribution in [0.1, 0.15) is 40.5 Å². The summed E-state index contributed by atoms with van der Waals surface area (Å²) in [6, 6.07) is 15.5. The zero-order chi connectivity index (χ0) is 28.2. The smallest absolute Gasteiger partial charge is 0.243 e. The van der Waals surface area contributed by atoms with Crippen LogP contribution in [0.3, 0.4) is 0 Å². The van der Waals surface area contributed by atoms with Crippen molar-refractivity contribution in [3.63, 3.8) is 0 Å². The molecule has 0 saturated carbocycles. The molecule has 2 saturated heterocycles. The number of rotatable bonds is 7. The number of hydrogen-bond acceptors (Lipinski definition) is 7. The highest BCUT2D eigenvalue weighted by molar-refractivity contribution is 9.10. The largest absolute Gasteiger partial charge is 0.376 e. The highest BCUT2D eigenvalue weighted by atomic mass is 79.9. The Kier molecular flexibility index (Phi) is 8.88. The van der Waals surface area contributed by atoms with Crippen LogP contribution in [0.5, 0.6) is 0 Å². The van der Waals surface area contributed by atoms with Gasteiger partial charge in [0.25, 0.3) is 0 Å². The lowest BCUT2D eigenvalue weighted by molar-refractivity contribution is -0.114. The summed E-state index contributed by atoms with van der Waals surface area (Å²) in [5.74, 6) is 4.56. The van der Waals surface area contributed by atoms with Crippen LogP contribution >= 0.6 is 15.9 Å². The molecule has 0 bridgehead atoms. The molecule has 2 N–H and O–H groups in total. The molecule has 5 rings (SSSR count). The van der Waals surface area contributed by atoms with Crippen LogP contribution in [-0.4, -0.2) is 53.6 Å². The third kappa shape index (κ3) is 7.30. The van der Waals surface area contributed by atoms with Gasteiger partial charge in [0.2, 0.25) is 17.8 Å². The van der Waals surface area contributed by atoms with Gasteiger partial charge < -0.3 is 20.4 Å². The Morgan fingerprint density at radius 1 is 0.750 bits per heavy atom. The average molecular weight is 607 g/mol. The molecule has 0 aliphatic carbocycles. The van der Waals surface area contributed by atoms with E-state index in [-0.39, 0.29) is 12.5 Å². The predicted molar refractivity (Wildman–Crippen MR) is 167 cm³/mol. The minimum Gasteiger partial charge on any atom is -0.376 e. The van der Waals surface area contributed by atoms with Gasteiger partial charge in [0, 0.05) is 47.6 Å². The van der Waals surface area contributed by atoms with Crippen molar-refractivity contribution in [2.45, 2.75) is 40.5 Å². The zero-order valence-corrected chi connectivity index (χ0v) is 25.5. The fourth-order valence-electron chi connectivity index (χ4n) is 6.08. The van der Waals surface area contributed by atoms with Gasteiger partial charge in [-0.3, -0.25) is 4.79 Å². The molecule has 0 spiro atoms. The molecule has 9 heteroatoms. The number of carbonyl (C=O) groups is 1. The monoisotopic (exact) mass is 605 g/mol. The summed E-state index contributed by atoms with van der Waals surface area (Å²) >= 11 is 3.41. The fraction of sp³-hybridized carbons (Fsp3) is 0.484. The van der Waals surface area contributed by atoms with Gasteiger partial charge in [-0.1, -0.05) is 43.6 Å². The topological polar surface area (TPSA) is 86.3 Å². The number of halogens is 1. The summed E-state index contributed by atoms with van der Waals surface area (Å²) in [7, 11) is 0. The molecule has 212 valence electrons. The number of anilines is 4. The molecule has 4 atom stereocenters. The number of nitrogens with zero attached hydrogens (tertiary/aromatic N) is 5. The van der Waals surface area contributed by atoms with E-state index in [0.717, 1.165) is 59.5 Å². The van der Waals surface area contributed by atoms with Gasteiger partial charge in [0.05, 0.1) is 6.54 Å². The summed E-state index contributed by atoms with van der Waals surface area (Å²) < 4.78 is 0.973. The van der Waals surface area contributed by atoms with Crippen LogP contribution in [0.15, 0.2) is 53.0 Å². The highest BCUT2D eigenvalue weighted by Gasteiger charge is 2.28. The van der Waals surface area contributed by atoms with Crippen LogP contribution in [0.25, 0.3) is 11.4 Å². The second kappa shape index (κ2) is 12.5. The Hall–Kier alpha value is -3.20. The summed E-state index contributed by atoms with van der Waals surface area (Å²) in [6.45, 7) is 13.3. The first-order valence-corrected chi connectivity index (χ1v) is 15.2. The second-order valence-electron chi connectivity index (χ2n) is 11.9. The van der Waals surface area contributed by atoms with Gasteiger partial charge in [0.15, 0.2) is 5.82 Å². The van der Waals surface area contributed by atoms with Gasteiger partial charge >= 0.3 is 0 Å². The third-order valence-electron chi connectivity index (χ3n) is 7.64. The number of piperidine rings is 2. The third-order valence-corrected chi connectivity index (χ3v) is 8.17. The maximum absolute atomic E-state index is 12.4. The SMILES string of the molecule is CC1CC(C)CN(c2nc(-c3ccc(NCC(=O)Nc4ccc(Br)cc4)cc3)nc(N3CC(C)CC(C)C3)n2)C1. The summed E-state index contributed by atoms with van der Waals surface area (Å²) in [5, 5.41) is 6.11. The lowest BCUT2D eigenvalue weighted by Crippen LogP contribution is -2.42. The molecule has 2 aromatic carbocycles. The van der Waals surface area contributed by atoms with Crippen molar-refractivity contribution in [1.82, 2.24) is 15.0 Å². The normalized spacial score (nSPS) is 23.1. The average Bonchev–Trinajstić information content (AvgIpc) is 2.92. The number of aromatic nitrogens is 3. The van der Waals surface area contributed by atoms with Crippen molar-refractivity contribution < 1.29 is 4.79 Å². The molecular weight excluding hydrogens is 566 g/mol. The van der Waals surface area contributed by atoms with Crippen molar-refractivity contribution in [2.75, 3.05) is 53.2 Å². The standard InChI is InChI=1S/C31H40BrN7O/c1-20-13-21(2)17-38(16-20)30-35-29(36-31(37-30)39-18-22(3)14-23(4)19-39)24-5-9-26(10-6-24)33-15-28(40)34-27-11-7-25(32)8-12-27/h5-12,20-23,33H,13-19H2,1-4H3,(H,34,40). The van der Waals surface area contributed by atoms with Gasteiger partial charge in [-0.05, 0) is 85.0 Å². The van der Waals surface area contributed by atoms with Gasteiger partial charge in [-0.2, -0.15) is 15.0 Å². The lowest BCUT2D eigenvalue weighted by atomic mass is 9.92. The number of carbonyl (C=O) groups excluding carboxylic acids is 1. The number of benzene rings is 2. The van der Waals surface area contributed by atoms with Gasteiger partial charge in [0.1, 0.15) is 0 Å². The molecule has 2 aliphatic heterocycles. The Morgan fingerprint density at radius 3 is 1.73 bits per heavy atom. The maximum Gasteiger partial charge on any atom is 0.243 e. The van der Waals surface area contributed by atoms with Crippen LogP contribution in [0.2, 0.25) is 0 Å². The zero-order valence-electron chi connectivity index (χ0n) is 23.9. The molecule has 1 aromatic heterocycles. The molecule has 3 heterocycles. The van der Waals surface area contributed by atoms with Crippen molar-refractivity contribution in [3.05, 3.63) is 53.0 Å². The van der Waals surface area contributed by atoms with E-state index in [1.807, 2.05) is 48.5 Å².